The summed E-state index contributed by atoms with van der Waals surface area (Å²) in [7, 11) is -0.796. The Morgan fingerprint density at radius 3 is 2.62 bits per heavy atom. The van der Waals surface area contributed by atoms with Crippen LogP contribution < -0.4 is 10.1 Å². The maximum absolute atomic E-state index is 12.6. The molecule has 2 unspecified atom stereocenters. The molecule has 7 nitrogen and oxygen atoms in total. The molecule has 8 heteroatoms. The molecule has 158 valence electrons. The molecule has 1 aliphatic carbocycles. The van der Waals surface area contributed by atoms with Gasteiger partial charge in [-0.1, -0.05) is 6.92 Å². The van der Waals surface area contributed by atoms with Crippen LogP contribution in [0.1, 0.15) is 44.1 Å². The van der Waals surface area contributed by atoms with E-state index in [0.29, 0.717) is 30.6 Å². The normalized spacial score (nSPS) is 18.7. The van der Waals surface area contributed by atoms with Crippen LogP contribution in [0.5, 0.6) is 5.75 Å². The largest absolute Gasteiger partial charge is 0.492 e. The maximum Gasteiger partial charge on any atom is 0.246 e. The van der Waals surface area contributed by atoms with Crippen LogP contribution in [0.4, 0.5) is 5.69 Å². The van der Waals surface area contributed by atoms with Gasteiger partial charge in [-0.3, -0.25) is 4.79 Å². The van der Waals surface area contributed by atoms with Crippen LogP contribution in [0.15, 0.2) is 39.6 Å². The molecule has 1 aliphatic rings. The van der Waals surface area contributed by atoms with Crippen LogP contribution in [0.25, 0.3) is 0 Å². The highest BCUT2D eigenvalue weighted by atomic mass is 32.2. The Labute approximate surface area is 172 Å². The summed E-state index contributed by atoms with van der Waals surface area (Å²) in [5.74, 6) is 3.02. The summed E-state index contributed by atoms with van der Waals surface area (Å²) in [6.45, 7) is 4.32. The Morgan fingerprint density at radius 2 is 2.00 bits per heavy atom. The topological polar surface area (TPSA) is 88.8 Å². The lowest BCUT2D eigenvalue weighted by atomic mass is 10.2. The fourth-order valence-corrected chi connectivity index (χ4v) is 4.22. The lowest BCUT2D eigenvalue weighted by Crippen LogP contribution is -2.23. The first kappa shape index (κ1) is 21.4. The van der Waals surface area contributed by atoms with E-state index in [9.17, 15) is 13.2 Å². The molecule has 0 aliphatic heterocycles. The van der Waals surface area contributed by atoms with Gasteiger partial charge in [-0.2, -0.15) is 0 Å². The zero-order valence-electron chi connectivity index (χ0n) is 17.3. The highest BCUT2D eigenvalue weighted by molar-refractivity contribution is 7.89. The fraction of sp³-hybridized carbons (Fsp3) is 0.476. The number of nitrogens with zero attached hydrogens (tertiary/aromatic N) is 1. The highest BCUT2D eigenvalue weighted by Gasteiger charge is 2.36. The van der Waals surface area contributed by atoms with Crippen molar-refractivity contribution in [3.8, 4) is 5.75 Å². The van der Waals surface area contributed by atoms with E-state index in [4.69, 9.17) is 9.15 Å². The van der Waals surface area contributed by atoms with Gasteiger partial charge in [-0.15, -0.1) is 0 Å². The van der Waals surface area contributed by atoms with Crippen LogP contribution >= 0.6 is 0 Å². The van der Waals surface area contributed by atoms with Crippen molar-refractivity contribution >= 4 is 21.6 Å². The molecule has 1 aromatic carbocycles. The molecule has 1 fully saturated rings. The van der Waals surface area contributed by atoms with Gasteiger partial charge in [-0.25, -0.2) is 12.7 Å². The second-order valence-corrected chi connectivity index (χ2v) is 9.67. The van der Waals surface area contributed by atoms with Crippen LogP contribution in [0.2, 0.25) is 0 Å². The Balaban J connectivity index is 1.66. The third-order valence-electron chi connectivity index (χ3n) is 5.04. The van der Waals surface area contributed by atoms with Crippen molar-refractivity contribution in [2.45, 2.75) is 43.9 Å². The molecule has 1 heterocycles. The number of amides is 1. The third-order valence-corrected chi connectivity index (χ3v) is 6.88. The maximum atomic E-state index is 12.6. The van der Waals surface area contributed by atoms with E-state index in [-0.39, 0.29) is 23.0 Å². The van der Waals surface area contributed by atoms with E-state index >= 15 is 0 Å². The lowest BCUT2D eigenvalue weighted by molar-refractivity contribution is -0.116. The minimum absolute atomic E-state index is 0.0244. The van der Waals surface area contributed by atoms with Crippen LogP contribution in [0.3, 0.4) is 0 Å². The minimum atomic E-state index is -3.71. The van der Waals surface area contributed by atoms with E-state index in [1.54, 1.807) is 19.1 Å². The highest BCUT2D eigenvalue weighted by Crippen LogP contribution is 2.47. The molecule has 0 saturated heterocycles. The van der Waals surface area contributed by atoms with Gasteiger partial charge in [0.1, 0.15) is 22.2 Å². The fourth-order valence-electron chi connectivity index (χ4n) is 3.17. The second kappa shape index (κ2) is 8.59. The number of anilines is 1. The minimum Gasteiger partial charge on any atom is -0.492 e. The summed E-state index contributed by atoms with van der Waals surface area (Å²) < 4.78 is 37.6. The Kier molecular flexibility index (Phi) is 6.33. The zero-order chi connectivity index (χ0) is 21.2. The molecular weight excluding hydrogens is 392 g/mol. The predicted octanol–water partition coefficient (Wildman–Crippen LogP) is 3.62. The number of aryl methyl sites for hydroxylation is 1. The SMILES string of the molecule is CCOc1ccc(NC(=O)CCc2ccc(C3CC3C)o2)cc1S(=O)(=O)N(C)C. The quantitative estimate of drug-likeness (QED) is 0.669. The molecule has 2 aromatic rings. The average molecular weight is 421 g/mol. The van der Waals surface area contributed by atoms with Crippen molar-refractivity contribution in [1.29, 1.82) is 0 Å². The van der Waals surface area contributed by atoms with Crippen molar-refractivity contribution < 1.29 is 22.4 Å². The van der Waals surface area contributed by atoms with Gasteiger partial charge in [-0.05, 0) is 49.6 Å². The number of furan rings is 1. The Bertz CT molecular complexity index is 981. The molecule has 0 radical (unpaired) electrons. The van der Waals surface area contributed by atoms with Gasteiger partial charge >= 0.3 is 0 Å². The number of hydrogen-bond acceptors (Lipinski definition) is 5. The van der Waals surface area contributed by atoms with E-state index in [2.05, 4.69) is 12.2 Å². The Morgan fingerprint density at radius 1 is 1.28 bits per heavy atom. The number of carbonyl (C=O) groups is 1. The van der Waals surface area contributed by atoms with Gasteiger partial charge in [0.05, 0.1) is 6.61 Å². The average Bonchev–Trinajstić information content (AvgIpc) is 3.21. The summed E-state index contributed by atoms with van der Waals surface area (Å²) in [6, 6.07) is 8.54. The van der Waals surface area contributed by atoms with Crippen LogP contribution in [0, 0.1) is 5.92 Å². The standard InChI is InChI=1S/C21H28N2O5S/c1-5-27-19-9-6-15(13-20(19)29(25,26)23(3)4)22-21(24)11-8-16-7-10-18(28-16)17-12-14(17)2/h6-7,9-10,13-14,17H,5,8,11-12H2,1-4H3,(H,22,24). The molecule has 1 amide bonds. The summed E-state index contributed by atoms with van der Waals surface area (Å²) in [4.78, 5) is 12.4. The molecule has 1 saturated carbocycles. The summed E-state index contributed by atoms with van der Waals surface area (Å²) in [6.07, 6.45) is 1.90. The number of hydrogen-bond donors (Lipinski definition) is 1. The molecule has 29 heavy (non-hydrogen) atoms. The van der Waals surface area contributed by atoms with E-state index in [1.807, 2.05) is 12.1 Å². The monoisotopic (exact) mass is 420 g/mol. The summed E-state index contributed by atoms with van der Waals surface area (Å²) in [5.41, 5.74) is 0.408. The number of benzene rings is 1. The summed E-state index contributed by atoms with van der Waals surface area (Å²) >= 11 is 0. The van der Waals surface area contributed by atoms with Crippen LogP contribution in [-0.4, -0.2) is 39.3 Å². The smallest absolute Gasteiger partial charge is 0.246 e. The van der Waals surface area contributed by atoms with Crippen LogP contribution in [-0.2, 0) is 21.2 Å². The zero-order valence-corrected chi connectivity index (χ0v) is 18.1. The van der Waals surface area contributed by atoms with Gasteiger partial charge in [0, 0.05) is 38.5 Å². The third kappa shape index (κ3) is 5.00. The number of ether oxygens (including phenoxy) is 1. The second-order valence-electron chi connectivity index (χ2n) is 7.55. The molecular formula is C21H28N2O5S. The Hall–Kier alpha value is -2.32. The summed E-state index contributed by atoms with van der Waals surface area (Å²) in [5, 5.41) is 2.76. The molecule has 3 rings (SSSR count). The molecule has 2 atom stereocenters. The molecule has 1 aromatic heterocycles. The van der Waals surface area contributed by atoms with E-state index in [0.717, 1.165) is 22.2 Å². The van der Waals surface area contributed by atoms with Gasteiger partial charge in [0.15, 0.2) is 0 Å². The van der Waals surface area contributed by atoms with Gasteiger partial charge < -0.3 is 14.5 Å². The number of nitrogens with one attached hydrogen (secondary N) is 1. The van der Waals surface area contributed by atoms with Crippen molar-refractivity contribution in [3.05, 3.63) is 41.9 Å². The van der Waals surface area contributed by atoms with Gasteiger partial charge in [0.25, 0.3) is 0 Å². The van der Waals surface area contributed by atoms with Crippen molar-refractivity contribution in [2.75, 3.05) is 26.0 Å². The molecule has 1 N–H and O–H groups in total. The van der Waals surface area contributed by atoms with Crippen molar-refractivity contribution in [1.82, 2.24) is 4.31 Å². The lowest BCUT2D eigenvalue weighted by Gasteiger charge is -2.16. The first-order chi connectivity index (χ1) is 13.7. The number of carbonyl (C=O) groups excluding carboxylic acids is 1. The van der Waals surface area contributed by atoms with Crippen molar-refractivity contribution in [2.24, 2.45) is 5.92 Å². The predicted molar refractivity (Wildman–Crippen MR) is 111 cm³/mol. The van der Waals surface area contributed by atoms with Crippen molar-refractivity contribution in [3.63, 3.8) is 0 Å². The number of sulfonamides is 1. The van der Waals surface area contributed by atoms with E-state index < -0.39 is 10.0 Å². The van der Waals surface area contributed by atoms with Gasteiger partial charge in [0.2, 0.25) is 15.9 Å². The number of rotatable bonds is 9. The first-order valence-electron chi connectivity index (χ1n) is 9.80. The molecule has 0 bridgehead atoms. The molecule has 0 spiro atoms. The van der Waals surface area contributed by atoms with E-state index in [1.165, 1.54) is 20.2 Å². The first-order valence-corrected chi connectivity index (χ1v) is 11.2.